The molecule has 0 bridgehead atoms. The Morgan fingerprint density at radius 3 is 2.75 bits per heavy atom. The molecule has 0 radical (unpaired) electrons. The lowest BCUT2D eigenvalue weighted by atomic mass is 10.0. The summed E-state index contributed by atoms with van der Waals surface area (Å²) in [6.07, 6.45) is 5.25. The third-order valence-electron chi connectivity index (χ3n) is 3.81. The number of likely N-dealkylation sites (tertiary alicyclic amines) is 1. The van der Waals surface area contributed by atoms with Crippen LogP contribution in [-0.2, 0) is 0 Å². The Kier molecular flexibility index (Phi) is 6.32. The molecule has 2 atom stereocenters. The number of rotatable bonds is 7. The van der Waals surface area contributed by atoms with E-state index in [0.717, 1.165) is 18.5 Å². The minimum absolute atomic E-state index is 0.723. The first-order valence-electron chi connectivity index (χ1n) is 6.76. The van der Waals surface area contributed by atoms with Crippen molar-refractivity contribution in [1.82, 2.24) is 9.80 Å². The summed E-state index contributed by atoms with van der Waals surface area (Å²) in [4.78, 5) is 4.97. The maximum atomic E-state index is 5.76. The summed E-state index contributed by atoms with van der Waals surface area (Å²) in [5, 5.41) is 0. The minimum atomic E-state index is 0.723. The molecule has 0 aromatic rings. The third kappa shape index (κ3) is 4.40. The average Bonchev–Trinajstić information content (AvgIpc) is 2.66. The maximum Gasteiger partial charge on any atom is 0.0223 e. The van der Waals surface area contributed by atoms with Gasteiger partial charge in [0.2, 0.25) is 0 Å². The van der Waals surface area contributed by atoms with Crippen molar-refractivity contribution >= 4 is 0 Å². The van der Waals surface area contributed by atoms with Gasteiger partial charge in [-0.25, -0.2) is 0 Å². The van der Waals surface area contributed by atoms with Gasteiger partial charge in [0.15, 0.2) is 0 Å². The van der Waals surface area contributed by atoms with Crippen molar-refractivity contribution in [2.24, 2.45) is 11.7 Å². The van der Waals surface area contributed by atoms with Crippen molar-refractivity contribution in [3.05, 3.63) is 0 Å². The van der Waals surface area contributed by atoms with Crippen molar-refractivity contribution in [2.45, 2.75) is 38.6 Å². The average molecular weight is 227 g/mol. The van der Waals surface area contributed by atoms with Crippen LogP contribution in [0.25, 0.3) is 0 Å². The van der Waals surface area contributed by atoms with Crippen molar-refractivity contribution in [3.63, 3.8) is 0 Å². The van der Waals surface area contributed by atoms with Crippen molar-refractivity contribution in [1.29, 1.82) is 0 Å². The highest BCUT2D eigenvalue weighted by Gasteiger charge is 2.24. The normalized spacial score (nSPS) is 24.2. The fourth-order valence-electron chi connectivity index (χ4n) is 2.65. The Labute approximate surface area is 101 Å². The molecule has 0 aromatic heterocycles. The van der Waals surface area contributed by atoms with Gasteiger partial charge in [0.1, 0.15) is 0 Å². The topological polar surface area (TPSA) is 32.5 Å². The molecule has 0 amide bonds. The lowest BCUT2D eigenvalue weighted by Gasteiger charge is -2.28. The van der Waals surface area contributed by atoms with Gasteiger partial charge < -0.3 is 10.6 Å². The van der Waals surface area contributed by atoms with Crippen LogP contribution in [0.1, 0.15) is 32.6 Å². The summed E-state index contributed by atoms with van der Waals surface area (Å²) < 4.78 is 0. The van der Waals surface area contributed by atoms with Crippen LogP contribution in [0.2, 0.25) is 0 Å². The molecular weight excluding hydrogens is 198 g/mol. The molecular formula is C13H29N3. The fourth-order valence-corrected chi connectivity index (χ4v) is 2.65. The SMILES string of the molecule is CCC(CN)CCN1CCCC1CN(C)C. The first-order chi connectivity index (χ1) is 7.67. The second-order valence-electron chi connectivity index (χ2n) is 5.39. The maximum absolute atomic E-state index is 5.76. The van der Waals surface area contributed by atoms with Gasteiger partial charge in [-0.15, -0.1) is 0 Å². The van der Waals surface area contributed by atoms with Crippen LogP contribution in [0.5, 0.6) is 0 Å². The number of hydrogen-bond acceptors (Lipinski definition) is 3. The highest BCUT2D eigenvalue weighted by molar-refractivity contribution is 4.81. The molecule has 96 valence electrons. The lowest BCUT2D eigenvalue weighted by molar-refractivity contribution is 0.195. The zero-order chi connectivity index (χ0) is 12.0. The zero-order valence-electron chi connectivity index (χ0n) is 11.3. The number of hydrogen-bond donors (Lipinski definition) is 1. The lowest BCUT2D eigenvalue weighted by Crippen LogP contribution is -2.38. The summed E-state index contributed by atoms with van der Waals surface area (Å²) in [7, 11) is 4.34. The minimum Gasteiger partial charge on any atom is -0.330 e. The van der Waals surface area contributed by atoms with Crippen LogP contribution < -0.4 is 5.73 Å². The van der Waals surface area contributed by atoms with Gasteiger partial charge in [0.25, 0.3) is 0 Å². The molecule has 1 aliphatic rings. The molecule has 2 unspecified atom stereocenters. The van der Waals surface area contributed by atoms with Gasteiger partial charge >= 0.3 is 0 Å². The first-order valence-corrected chi connectivity index (χ1v) is 6.76. The van der Waals surface area contributed by atoms with Crippen LogP contribution in [0.4, 0.5) is 0 Å². The van der Waals surface area contributed by atoms with Crippen LogP contribution in [0.3, 0.4) is 0 Å². The second kappa shape index (κ2) is 7.25. The monoisotopic (exact) mass is 227 g/mol. The van der Waals surface area contributed by atoms with Gasteiger partial charge in [-0.2, -0.15) is 0 Å². The molecule has 3 heteroatoms. The van der Waals surface area contributed by atoms with E-state index in [0.29, 0.717) is 0 Å². The molecule has 3 nitrogen and oxygen atoms in total. The van der Waals surface area contributed by atoms with Crippen LogP contribution in [0, 0.1) is 5.92 Å². The summed E-state index contributed by atoms with van der Waals surface area (Å²) in [5.41, 5.74) is 5.76. The van der Waals surface area contributed by atoms with Crippen LogP contribution in [-0.4, -0.2) is 56.1 Å². The molecule has 0 aromatic carbocycles. The summed E-state index contributed by atoms with van der Waals surface area (Å²) >= 11 is 0. The molecule has 1 aliphatic heterocycles. The Bertz CT molecular complexity index is 178. The Morgan fingerprint density at radius 2 is 2.19 bits per heavy atom. The van der Waals surface area contributed by atoms with E-state index in [2.05, 4.69) is 30.8 Å². The van der Waals surface area contributed by atoms with Crippen molar-refractivity contribution < 1.29 is 0 Å². The highest BCUT2D eigenvalue weighted by Crippen LogP contribution is 2.19. The Hall–Kier alpha value is -0.120. The molecule has 1 saturated heterocycles. The van der Waals surface area contributed by atoms with Gasteiger partial charge in [0.05, 0.1) is 0 Å². The fraction of sp³-hybridized carbons (Fsp3) is 1.00. The van der Waals surface area contributed by atoms with E-state index in [-0.39, 0.29) is 0 Å². The molecule has 16 heavy (non-hydrogen) atoms. The van der Waals surface area contributed by atoms with E-state index in [1.807, 2.05) is 0 Å². The zero-order valence-corrected chi connectivity index (χ0v) is 11.3. The summed E-state index contributed by atoms with van der Waals surface area (Å²) in [5.74, 6) is 0.723. The molecule has 1 fully saturated rings. The van der Waals surface area contributed by atoms with E-state index >= 15 is 0 Å². The van der Waals surface area contributed by atoms with Crippen LogP contribution in [0.15, 0.2) is 0 Å². The van der Waals surface area contributed by atoms with Gasteiger partial charge in [-0.1, -0.05) is 13.3 Å². The van der Waals surface area contributed by atoms with Crippen molar-refractivity contribution in [2.75, 3.05) is 40.3 Å². The summed E-state index contributed by atoms with van der Waals surface area (Å²) in [6.45, 7) is 6.84. The first kappa shape index (κ1) is 13.9. The second-order valence-corrected chi connectivity index (χ2v) is 5.39. The van der Waals surface area contributed by atoms with Crippen molar-refractivity contribution in [3.8, 4) is 0 Å². The number of likely N-dealkylation sites (N-methyl/N-ethyl adjacent to an activating group) is 1. The van der Waals surface area contributed by atoms with Gasteiger partial charge in [-0.05, 0) is 58.9 Å². The van der Waals surface area contributed by atoms with E-state index in [4.69, 9.17) is 5.73 Å². The summed E-state index contributed by atoms with van der Waals surface area (Å²) in [6, 6.07) is 0.783. The third-order valence-corrected chi connectivity index (χ3v) is 3.81. The molecule has 1 rings (SSSR count). The molecule has 2 N–H and O–H groups in total. The van der Waals surface area contributed by atoms with E-state index in [9.17, 15) is 0 Å². The van der Waals surface area contributed by atoms with E-state index < -0.39 is 0 Å². The quantitative estimate of drug-likeness (QED) is 0.713. The molecule has 0 saturated carbocycles. The van der Waals surface area contributed by atoms with E-state index in [1.54, 1.807) is 0 Å². The van der Waals surface area contributed by atoms with Gasteiger partial charge in [0, 0.05) is 12.6 Å². The standard InChI is InChI=1S/C13H29N3/c1-4-12(10-14)7-9-16-8-5-6-13(16)11-15(2)3/h12-13H,4-11,14H2,1-3H3. The highest BCUT2D eigenvalue weighted by atomic mass is 15.2. The number of nitrogens with zero attached hydrogens (tertiary/aromatic N) is 2. The number of nitrogens with two attached hydrogens (primary N) is 1. The molecule has 0 spiro atoms. The van der Waals surface area contributed by atoms with E-state index in [1.165, 1.54) is 45.3 Å². The predicted octanol–water partition coefficient (Wildman–Crippen LogP) is 1.39. The molecule has 0 aliphatic carbocycles. The predicted molar refractivity (Wildman–Crippen MR) is 70.6 cm³/mol. The van der Waals surface area contributed by atoms with Crippen LogP contribution >= 0.6 is 0 Å². The Morgan fingerprint density at radius 1 is 1.44 bits per heavy atom. The Balaban J connectivity index is 2.29. The smallest absolute Gasteiger partial charge is 0.0223 e. The molecule has 1 heterocycles. The largest absolute Gasteiger partial charge is 0.330 e. The van der Waals surface area contributed by atoms with Gasteiger partial charge in [-0.3, -0.25) is 4.90 Å².